The lowest BCUT2D eigenvalue weighted by Gasteiger charge is -2.38. The van der Waals surface area contributed by atoms with Crippen LogP contribution in [-0.2, 0) is 24.9 Å². The highest BCUT2D eigenvalue weighted by atomic mass is 19.3. The first-order valence-corrected chi connectivity index (χ1v) is 19.3. The summed E-state index contributed by atoms with van der Waals surface area (Å²) in [5.41, 5.74) is 0.866. The highest BCUT2D eigenvalue weighted by Crippen LogP contribution is 2.41. The number of piperidine rings is 1. The van der Waals surface area contributed by atoms with E-state index < -0.39 is 47.7 Å². The van der Waals surface area contributed by atoms with E-state index in [-0.39, 0.29) is 54.5 Å². The molecule has 0 radical (unpaired) electrons. The van der Waals surface area contributed by atoms with Crippen molar-refractivity contribution < 1.29 is 41.7 Å². The van der Waals surface area contributed by atoms with Crippen LogP contribution in [0, 0.1) is 5.92 Å². The number of hydrogen-bond acceptors (Lipinski definition) is 11. The second kappa shape index (κ2) is 15.2. The zero-order chi connectivity index (χ0) is 40.9. The van der Waals surface area contributed by atoms with Crippen molar-refractivity contribution in [3.05, 3.63) is 67.0 Å². The molecule has 304 valence electrons. The number of halogens is 2. The number of fused-ring (bicyclic) bond motifs is 4. The molecule has 0 aliphatic carbocycles. The number of rotatable bonds is 10. The number of ether oxygens (including phenoxy) is 4. The standard InChI is InChI=1S/C42H50F2N6O7/c1-9-20-53-24-42(43,44)37-46-33-27-14-10-13-17-32(27)55-34(33)35(47-37)49-23-26(21-31(49)36(51)56-40(3,4)5)54-38-45-28-15-11-12-16-30(28)50(38)29-18-19-48(22-25(29)2)39(52)57-41(6,7)8/h9-17,25-26,29,31H,1,18-24H2,2-8H3/t25-,26-,29-,31-/m0/s1. The van der Waals surface area contributed by atoms with Gasteiger partial charge in [0.15, 0.2) is 11.4 Å². The minimum atomic E-state index is -3.60. The molecule has 0 bridgehead atoms. The van der Waals surface area contributed by atoms with E-state index in [1.165, 1.54) is 6.08 Å². The van der Waals surface area contributed by atoms with E-state index in [0.29, 0.717) is 36.5 Å². The number of alkyl halides is 2. The van der Waals surface area contributed by atoms with E-state index in [1.54, 1.807) is 54.8 Å². The molecule has 5 heterocycles. The number of carbonyl (C=O) groups is 2. The van der Waals surface area contributed by atoms with Crippen LogP contribution in [0.4, 0.5) is 19.4 Å². The van der Waals surface area contributed by atoms with Crippen LogP contribution < -0.4 is 9.64 Å². The Morgan fingerprint density at radius 1 is 0.965 bits per heavy atom. The Hall–Kier alpha value is -5.31. The minimum absolute atomic E-state index is 0.00116. The van der Waals surface area contributed by atoms with Gasteiger partial charge in [-0.1, -0.05) is 37.3 Å². The maximum atomic E-state index is 15.8. The zero-order valence-corrected chi connectivity index (χ0v) is 33.5. The lowest BCUT2D eigenvalue weighted by Crippen LogP contribution is -2.45. The molecule has 3 aromatic heterocycles. The molecule has 2 aromatic carbocycles. The number of furan rings is 1. The van der Waals surface area contributed by atoms with Crippen molar-refractivity contribution in [3.63, 3.8) is 0 Å². The Morgan fingerprint density at radius 2 is 1.68 bits per heavy atom. The van der Waals surface area contributed by atoms with Crippen LogP contribution in [0.2, 0.25) is 0 Å². The van der Waals surface area contributed by atoms with Crippen molar-refractivity contribution in [2.75, 3.05) is 37.7 Å². The predicted octanol–water partition coefficient (Wildman–Crippen LogP) is 8.21. The summed E-state index contributed by atoms with van der Waals surface area (Å²) >= 11 is 0. The van der Waals surface area contributed by atoms with Gasteiger partial charge in [0, 0.05) is 30.9 Å². The maximum Gasteiger partial charge on any atom is 0.410 e. The normalized spacial score (nSPS) is 20.7. The SMILES string of the molecule is C=CCOCC(F)(F)c1nc(N2C[C@@H](Oc3nc4ccccc4n3[C@H]3CCN(C(=O)OC(C)(C)C)C[C@@H]3C)C[C@H]2C(=O)OC(C)(C)C)c2oc3ccccc3c2n1. The van der Waals surface area contributed by atoms with Gasteiger partial charge >= 0.3 is 18.0 Å². The van der Waals surface area contributed by atoms with Crippen molar-refractivity contribution in [1.82, 2.24) is 24.4 Å². The van der Waals surface area contributed by atoms with Gasteiger partial charge < -0.3 is 33.2 Å². The molecule has 2 aliphatic rings. The first-order valence-electron chi connectivity index (χ1n) is 19.3. The molecule has 0 N–H and O–H groups in total. The van der Waals surface area contributed by atoms with E-state index in [2.05, 4.69) is 28.0 Å². The van der Waals surface area contributed by atoms with Crippen LogP contribution in [0.25, 0.3) is 33.1 Å². The number of para-hydroxylation sites is 3. The average Bonchev–Trinajstić information content (AvgIpc) is 3.83. The lowest BCUT2D eigenvalue weighted by atomic mass is 9.93. The third kappa shape index (κ3) is 8.39. The number of anilines is 1. The largest absolute Gasteiger partial charge is 0.459 e. The third-order valence-corrected chi connectivity index (χ3v) is 9.94. The predicted molar refractivity (Wildman–Crippen MR) is 211 cm³/mol. The quantitative estimate of drug-likeness (QED) is 0.0770. The number of hydrogen-bond donors (Lipinski definition) is 0. The molecule has 4 atom stereocenters. The Kier molecular flexibility index (Phi) is 10.7. The van der Waals surface area contributed by atoms with Crippen molar-refractivity contribution in [2.24, 2.45) is 5.92 Å². The summed E-state index contributed by atoms with van der Waals surface area (Å²) in [5, 5.41) is 0.515. The van der Waals surface area contributed by atoms with Crippen LogP contribution in [-0.4, -0.2) is 92.7 Å². The summed E-state index contributed by atoms with van der Waals surface area (Å²) < 4.78 is 63.5. The van der Waals surface area contributed by atoms with Gasteiger partial charge in [0.1, 0.15) is 41.1 Å². The molecule has 15 heteroatoms. The first-order chi connectivity index (χ1) is 26.9. The Morgan fingerprint density at radius 3 is 2.40 bits per heavy atom. The molecule has 57 heavy (non-hydrogen) atoms. The average molecular weight is 789 g/mol. The molecule has 2 saturated heterocycles. The molecule has 0 unspecified atom stereocenters. The van der Waals surface area contributed by atoms with Gasteiger partial charge in [-0.05, 0) is 78.1 Å². The molecular formula is C42H50F2N6O7. The molecule has 7 rings (SSSR count). The van der Waals surface area contributed by atoms with Crippen LogP contribution in [0.3, 0.4) is 0 Å². The molecule has 13 nitrogen and oxygen atoms in total. The highest BCUT2D eigenvalue weighted by molar-refractivity contribution is 6.06. The molecule has 2 aliphatic heterocycles. The summed E-state index contributed by atoms with van der Waals surface area (Å²) in [6.07, 6.45) is 1.11. The highest BCUT2D eigenvalue weighted by Gasteiger charge is 2.45. The number of nitrogens with zero attached hydrogens (tertiary/aromatic N) is 6. The number of esters is 1. The Labute approximate surface area is 329 Å². The van der Waals surface area contributed by atoms with Gasteiger partial charge in [0.25, 0.3) is 6.01 Å². The van der Waals surface area contributed by atoms with E-state index in [0.717, 1.165) is 11.0 Å². The first kappa shape index (κ1) is 39.9. The topological polar surface area (TPSA) is 134 Å². The van der Waals surface area contributed by atoms with E-state index in [4.69, 9.17) is 28.3 Å². The molecule has 1 amide bonds. The summed E-state index contributed by atoms with van der Waals surface area (Å²) in [5.74, 6) is -4.94. The van der Waals surface area contributed by atoms with Crippen LogP contribution in [0.15, 0.2) is 65.6 Å². The van der Waals surface area contributed by atoms with Crippen molar-refractivity contribution in [2.45, 2.75) is 96.6 Å². The van der Waals surface area contributed by atoms with Gasteiger partial charge in [0.2, 0.25) is 5.82 Å². The summed E-state index contributed by atoms with van der Waals surface area (Å²) in [7, 11) is 0. The number of imidazole rings is 1. The molecule has 2 fully saturated rings. The Balaban J connectivity index is 1.26. The van der Waals surface area contributed by atoms with Crippen LogP contribution >= 0.6 is 0 Å². The lowest BCUT2D eigenvalue weighted by molar-refractivity contribution is -0.156. The number of amides is 1. The summed E-state index contributed by atoms with van der Waals surface area (Å²) in [4.78, 5) is 44.0. The molecular weight excluding hydrogens is 738 g/mol. The van der Waals surface area contributed by atoms with Crippen LogP contribution in [0.5, 0.6) is 6.01 Å². The van der Waals surface area contributed by atoms with Crippen molar-refractivity contribution in [1.29, 1.82) is 0 Å². The maximum absolute atomic E-state index is 15.8. The van der Waals surface area contributed by atoms with E-state index in [9.17, 15) is 9.59 Å². The fourth-order valence-corrected chi connectivity index (χ4v) is 7.56. The molecule has 0 spiro atoms. The van der Waals surface area contributed by atoms with Gasteiger partial charge in [-0.2, -0.15) is 13.8 Å². The van der Waals surface area contributed by atoms with E-state index >= 15 is 8.78 Å². The number of carbonyl (C=O) groups excluding carboxylic acids is 2. The minimum Gasteiger partial charge on any atom is -0.459 e. The fourth-order valence-electron chi connectivity index (χ4n) is 7.56. The Bertz CT molecular complexity index is 2290. The van der Waals surface area contributed by atoms with Crippen LogP contribution in [0.1, 0.15) is 73.2 Å². The number of benzene rings is 2. The molecule has 5 aromatic rings. The second-order valence-electron chi connectivity index (χ2n) is 16.8. The number of aromatic nitrogens is 4. The fraction of sp³-hybridized carbons (Fsp3) is 0.500. The summed E-state index contributed by atoms with van der Waals surface area (Å²) in [6.45, 7) is 16.4. The second-order valence-corrected chi connectivity index (χ2v) is 16.8. The summed E-state index contributed by atoms with van der Waals surface area (Å²) in [6, 6.07) is 14.0. The van der Waals surface area contributed by atoms with Crippen molar-refractivity contribution in [3.8, 4) is 6.01 Å². The van der Waals surface area contributed by atoms with Gasteiger partial charge in [-0.3, -0.25) is 4.57 Å². The monoisotopic (exact) mass is 788 g/mol. The van der Waals surface area contributed by atoms with Gasteiger partial charge in [-0.15, -0.1) is 6.58 Å². The van der Waals surface area contributed by atoms with E-state index in [1.807, 2.05) is 45.0 Å². The van der Waals surface area contributed by atoms with Gasteiger partial charge in [-0.25, -0.2) is 19.6 Å². The smallest absolute Gasteiger partial charge is 0.410 e. The molecule has 0 saturated carbocycles. The number of likely N-dealkylation sites (tertiary alicyclic amines) is 1. The zero-order valence-electron chi connectivity index (χ0n) is 33.5. The van der Waals surface area contributed by atoms with Crippen molar-refractivity contribution >= 4 is 51.0 Å². The third-order valence-electron chi connectivity index (χ3n) is 9.94. The van der Waals surface area contributed by atoms with Gasteiger partial charge in [0.05, 0.1) is 24.2 Å².